The molecule has 3 aromatic rings. The molecule has 1 N–H and O–H groups in total. The van der Waals surface area contributed by atoms with Gasteiger partial charge in [0, 0.05) is 55.5 Å². The van der Waals surface area contributed by atoms with Gasteiger partial charge in [-0.05, 0) is 49.6 Å². The van der Waals surface area contributed by atoms with E-state index in [0.29, 0.717) is 54.4 Å². The number of anilines is 2. The summed E-state index contributed by atoms with van der Waals surface area (Å²) in [5, 5.41) is 7.70. The zero-order valence-electron chi connectivity index (χ0n) is 22.0. The molecule has 1 atom stereocenters. The van der Waals surface area contributed by atoms with E-state index in [9.17, 15) is 18.0 Å². The summed E-state index contributed by atoms with van der Waals surface area (Å²) in [4.78, 5) is 16.2. The maximum Gasteiger partial charge on any atom is 0.433 e. The van der Waals surface area contributed by atoms with Crippen molar-refractivity contribution >= 4 is 28.9 Å². The van der Waals surface area contributed by atoms with Gasteiger partial charge in [-0.25, -0.2) is 9.18 Å². The van der Waals surface area contributed by atoms with E-state index in [4.69, 9.17) is 16.3 Å². The van der Waals surface area contributed by atoms with Gasteiger partial charge in [0.1, 0.15) is 11.4 Å². The number of hydrogen-bond acceptors (Lipinski definition) is 6. The molecule has 214 valence electrons. The van der Waals surface area contributed by atoms with Crippen molar-refractivity contribution in [2.45, 2.75) is 32.0 Å². The van der Waals surface area contributed by atoms with Crippen LogP contribution in [0, 0.1) is 5.82 Å². The summed E-state index contributed by atoms with van der Waals surface area (Å²) in [5.41, 5.74) is 0.876. The Bertz CT molecular complexity index is 1370. The van der Waals surface area contributed by atoms with E-state index >= 15 is 4.39 Å². The lowest BCUT2D eigenvalue weighted by atomic mass is 9.99. The van der Waals surface area contributed by atoms with Crippen LogP contribution in [0.4, 0.5) is 28.9 Å². The molecule has 0 saturated carbocycles. The Morgan fingerprint density at radius 2 is 1.88 bits per heavy atom. The smallest absolute Gasteiger partial charge is 0.433 e. The van der Waals surface area contributed by atoms with Crippen molar-refractivity contribution in [2.24, 2.45) is 0 Å². The van der Waals surface area contributed by atoms with Gasteiger partial charge in [0.2, 0.25) is 0 Å². The van der Waals surface area contributed by atoms with Crippen LogP contribution in [0.25, 0.3) is 11.1 Å². The second kappa shape index (κ2) is 11.7. The number of piperidine rings is 1. The molecule has 2 aliphatic rings. The van der Waals surface area contributed by atoms with Crippen LogP contribution in [0.2, 0.25) is 5.02 Å². The number of rotatable bonds is 6. The summed E-state index contributed by atoms with van der Waals surface area (Å²) >= 11 is 6.36. The molecule has 7 nitrogen and oxygen atoms in total. The number of alkyl halides is 3. The van der Waals surface area contributed by atoms with Gasteiger partial charge in [0.25, 0.3) is 0 Å². The van der Waals surface area contributed by atoms with E-state index in [0.717, 1.165) is 29.5 Å². The molecule has 0 bridgehead atoms. The summed E-state index contributed by atoms with van der Waals surface area (Å²) < 4.78 is 63.4. The second-order valence-corrected chi connectivity index (χ2v) is 10.3. The average molecular weight is 580 g/mol. The third-order valence-electron chi connectivity index (χ3n) is 7.32. The average Bonchev–Trinajstić information content (AvgIpc) is 3.40. The molecule has 2 aromatic carbocycles. The van der Waals surface area contributed by atoms with Gasteiger partial charge in [-0.3, -0.25) is 4.68 Å². The maximum absolute atomic E-state index is 15.3. The lowest BCUT2D eigenvalue weighted by molar-refractivity contribution is -0.145. The lowest BCUT2D eigenvalue weighted by Crippen LogP contribution is -2.43. The molecular formula is C28H30ClF4N5O2. The molecule has 0 aliphatic carbocycles. The number of aromatic nitrogens is 2. The van der Waals surface area contributed by atoms with Gasteiger partial charge in [0.15, 0.2) is 5.69 Å². The number of nitrogens with one attached hydrogen (secondary N) is 1. The molecule has 0 radical (unpaired) electrons. The molecule has 2 saturated heterocycles. The van der Waals surface area contributed by atoms with Crippen molar-refractivity contribution in [3.05, 3.63) is 64.7 Å². The van der Waals surface area contributed by atoms with Crippen molar-refractivity contribution in [1.82, 2.24) is 15.1 Å². The summed E-state index contributed by atoms with van der Waals surface area (Å²) in [6.07, 6.45) is -2.86. The van der Waals surface area contributed by atoms with E-state index in [1.807, 2.05) is 15.9 Å². The van der Waals surface area contributed by atoms with Crippen molar-refractivity contribution in [3.63, 3.8) is 0 Å². The highest BCUT2D eigenvalue weighted by atomic mass is 35.5. The number of benzene rings is 2. The first-order chi connectivity index (χ1) is 19.2. The fourth-order valence-corrected chi connectivity index (χ4v) is 5.67. The van der Waals surface area contributed by atoms with E-state index < -0.39 is 29.4 Å². The fraction of sp³-hybridized carbons (Fsp3) is 0.429. The zero-order valence-corrected chi connectivity index (χ0v) is 22.7. The number of nitrogens with zero attached hydrogens (tertiary/aromatic N) is 4. The van der Waals surface area contributed by atoms with Crippen LogP contribution < -0.4 is 15.1 Å². The molecule has 2 fully saturated rings. The molecule has 0 spiro atoms. The third kappa shape index (κ3) is 5.76. The standard InChI is InChI=1S/C28H30ClF4N5O2/c1-2-40-27(39)22-16-35-38(26(22)28(31,32)33)20-4-3-11-37(17-20)25-15-19(29)6-7-21(25)18-5-8-24(23(30)14-18)36-12-9-34-10-13-36/h5-8,14-16,20,34H,2-4,9-13,17H2,1H3. The van der Waals surface area contributed by atoms with Crippen LogP contribution in [-0.4, -0.2) is 61.6 Å². The van der Waals surface area contributed by atoms with Crippen LogP contribution in [0.5, 0.6) is 0 Å². The van der Waals surface area contributed by atoms with E-state index in [-0.39, 0.29) is 19.0 Å². The van der Waals surface area contributed by atoms with Crippen LogP contribution in [0.15, 0.2) is 42.6 Å². The minimum atomic E-state index is -4.80. The van der Waals surface area contributed by atoms with E-state index in [1.165, 1.54) is 13.0 Å². The summed E-state index contributed by atoms with van der Waals surface area (Å²) in [6, 6.07) is 9.72. The first-order valence-corrected chi connectivity index (χ1v) is 13.7. The van der Waals surface area contributed by atoms with E-state index in [2.05, 4.69) is 10.4 Å². The lowest BCUT2D eigenvalue weighted by Gasteiger charge is -2.36. The SMILES string of the molecule is CCOC(=O)c1cnn(C2CCCN(c3cc(Cl)ccc3-c3ccc(N4CCNCC4)c(F)c3)C2)c1C(F)(F)F. The zero-order chi connectivity index (χ0) is 28.4. The Morgan fingerprint density at radius 3 is 2.58 bits per heavy atom. The Balaban J connectivity index is 1.46. The highest BCUT2D eigenvalue weighted by molar-refractivity contribution is 6.31. The maximum atomic E-state index is 15.3. The minimum absolute atomic E-state index is 0.0487. The highest BCUT2D eigenvalue weighted by Crippen LogP contribution is 2.40. The van der Waals surface area contributed by atoms with Crippen molar-refractivity contribution < 1.29 is 27.1 Å². The van der Waals surface area contributed by atoms with Gasteiger partial charge >= 0.3 is 12.1 Å². The monoisotopic (exact) mass is 579 g/mol. The first kappa shape index (κ1) is 28.2. The molecule has 0 amide bonds. The molecule has 5 rings (SSSR count). The van der Waals surface area contributed by atoms with Crippen LogP contribution >= 0.6 is 11.6 Å². The number of hydrogen-bond donors (Lipinski definition) is 1. The fourth-order valence-electron chi connectivity index (χ4n) is 5.50. The Labute approximate surface area is 234 Å². The molecule has 1 unspecified atom stereocenters. The normalized spacial score (nSPS) is 18.2. The number of esters is 1. The first-order valence-electron chi connectivity index (χ1n) is 13.3. The van der Waals surface area contributed by atoms with Crippen LogP contribution in [0.1, 0.15) is 41.9 Å². The van der Waals surface area contributed by atoms with Gasteiger partial charge in [-0.2, -0.15) is 18.3 Å². The third-order valence-corrected chi connectivity index (χ3v) is 7.55. The van der Waals surface area contributed by atoms with Crippen molar-refractivity contribution in [1.29, 1.82) is 0 Å². The highest BCUT2D eigenvalue weighted by Gasteiger charge is 2.42. The van der Waals surface area contributed by atoms with Crippen molar-refractivity contribution in [2.75, 3.05) is 55.7 Å². The predicted octanol–water partition coefficient (Wildman–Crippen LogP) is 5.79. The predicted molar refractivity (Wildman–Crippen MR) is 146 cm³/mol. The number of piperazine rings is 1. The Hall–Kier alpha value is -3.31. The van der Waals surface area contributed by atoms with Crippen LogP contribution in [0.3, 0.4) is 0 Å². The summed E-state index contributed by atoms with van der Waals surface area (Å²) in [5.74, 6) is -1.40. The molecule has 12 heteroatoms. The molecule has 2 aliphatic heterocycles. The number of carbonyl (C=O) groups is 1. The minimum Gasteiger partial charge on any atom is -0.462 e. The van der Waals surface area contributed by atoms with Gasteiger partial charge in [-0.15, -0.1) is 0 Å². The second-order valence-electron chi connectivity index (χ2n) is 9.88. The summed E-state index contributed by atoms with van der Waals surface area (Å²) in [7, 11) is 0. The summed E-state index contributed by atoms with van der Waals surface area (Å²) in [6.45, 7) is 5.24. The Kier molecular flexibility index (Phi) is 8.23. The topological polar surface area (TPSA) is 62.6 Å². The molecule has 40 heavy (non-hydrogen) atoms. The quantitative estimate of drug-likeness (QED) is 0.295. The van der Waals surface area contributed by atoms with Crippen LogP contribution in [-0.2, 0) is 10.9 Å². The molecular weight excluding hydrogens is 550 g/mol. The number of carbonyl (C=O) groups excluding carboxylic acids is 1. The largest absolute Gasteiger partial charge is 0.462 e. The van der Waals surface area contributed by atoms with Gasteiger partial charge < -0.3 is 19.9 Å². The van der Waals surface area contributed by atoms with Crippen molar-refractivity contribution in [3.8, 4) is 11.1 Å². The number of ether oxygens (including phenoxy) is 1. The molecule has 3 heterocycles. The molecule has 1 aromatic heterocycles. The number of halogens is 5. The van der Waals surface area contributed by atoms with Gasteiger partial charge in [-0.1, -0.05) is 23.7 Å². The van der Waals surface area contributed by atoms with Gasteiger partial charge in [0.05, 0.1) is 24.5 Å². The van der Waals surface area contributed by atoms with E-state index in [1.54, 1.807) is 24.3 Å². The Morgan fingerprint density at radius 1 is 1.10 bits per heavy atom.